The molecule has 0 aliphatic heterocycles. The molecule has 2 aromatic carbocycles. The number of H-pyrrole nitrogens is 1. The largest absolute Gasteiger partial charge is 0.361 e. The first kappa shape index (κ1) is 17.5. The van der Waals surface area contributed by atoms with Gasteiger partial charge in [-0.3, -0.25) is 4.79 Å². The van der Waals surface area contributed by atoms with Crippen molar-refractivity contribution >= 4 is 23.0 Å². The highest BCUT2D eigenvalue weighted by atomic mass is 16.2. The second-order valence-electron chi connectivity index (χ2n) is 8.34. The molecule has 1 heterocycles. The van der Waals surface area contributed by atoms with Gasteiger partial charge in [0, 0.05) is 28.6 Å². The van der Waals surface area contributed by atoms with Gasteiger partial charge < -0.3 is 4.98 Å². The predicted octanol–water partition coefficient (Wildman–Crippen LogP) is 4.72. The van der Waals surface area contributed by atoms with Crippen molar-refractivity contribution in [3.63, 3.8) is 0 Å². The third kappa shape index (κ3) is 3.65. The van der Waals surface area contributed by atoms with Gasteiger partial charge in [-0.15, -0.1) is 0 Å². The molecule has 1 aliphatic carbocycles. The van der Waals surface area contributed by atoms with Crippen LogP contribution in [0.25, 0.3) is 10.9 Å². The fraction of sp³-hybridized carbons (Fsp3) is 0.304. The van der Waals surface area contributed by atoms with Crippen LogP contribution in [0, 0.1) is 5.92 Å². The van der Waals surface area contributed by atoms with Gasteiger partial charge in [-0.05, 0) is 34.9 Å². The Balaban J connectivity index is 1.36. The molecule has 27 heavy (non-hydrogen) atoms. The molecule has 4 nitrogen and oxygen atoms in total. The highest BCUT2D eigenvalue weighted by molar-refractivity contribution is 5.99. The van der Waals surface area contributed by atoms with Crippen LogP contribution in [0.15, 0.2) is 59.8 Å². The summed E-state index contributed by atoms with van der Waals surface area (Å²) in [6.45, 7) is 6.63. The van der Waals surface area contributed by atoms with E-state index in [2.05, 4.69) is 60.5 Å². The van der Waals surface area contributed by atoms with Crippen molar-refractivity contribution in [1.29, 1.82) is 0 Å². The molecular formula is C23H25N3O. The molecule has 0 spiro atoms. The number of hydrazone groups is 1. The van der Waals surface area contributed by atoms with Gasteiger partial charge in [0.2, 0.25) is 5.91 Å². The monoisotopic (exact) mass is 359 g/mol. The number of nitrogens with zero attached hydrogens (tertiary/aromatic N) is 1. The van der Waals surface area contributed by atoms with Crippen molar-refractivity contribution < 1.29 is 4.79 Å². The summed E-state index contributed by atoms with van der Waals surface area (Å²) in [5, 5.41) is 5.25. The maximum atomic E-state index is 12.4. The molecule has 0 unspecified atom stereocenters. The van der Waals surface area contributed by atoms with E-state index in [1.807, 2.05) is 30.5 Å². The number of aromatic amines is 1. The van der Waals surface area contributed by atoms with Gasteiger partial charge in [0.05, 0.1) is 6.21 Å². The second kappa shape index (κ2) is 6.69. The number of carbonyl (C=O) groups is 1. The number of para-hydroxylation sites is 1. The van der Waals surface area contributed by atoms with E-state index in [4.69, 9.17) is 0 Å². The standard InChI is InChI=1S/C23H25N3O/c1-23(2,3)17-10-8-15(9-11-17)19-12-20(19)22(27)26-25-14-16-13-24-21-7-5-4-6-18(16)21/h4-11,13-14,19-20,24H,12H2,1-3H3,(H,26,27)/b25-14+/t19-,20+/m1/s1. The van der Waals surface area contributed by atoms with Gasteiger partial charge in [-0.1, -0.05) is 63.2 Å². The predicted molar refractivity (Wildman–Crippen MR) is 110 cm³/mol. The minimum Gasteiger partial charge on any atom is -0.361 e. The van der Waals surface area contributed by atoms with Crippen LogP contribution in [0.5, 0.6) is 0 Å². The Morgan fingerprint density at radius 1 is 1.15 bits per heavy atom. The molecule has 0 radical (unpaired) electrons. The molecule has 1 aromatic heterocycles. The van der Waals surface area contributed by atoms with E-state index in [0.717, 1.165) is 22.9 Å². The molecule has 3 aromatic rings. The quantitative estimate of drug-likeness (QED) is 0.514. The molecule has 4 rings (SSSR count). The summed E-state index contributed by atoms with van der Waals surface area (Å²) in [4.78, 5) is 15.6. The van der Waals surface area contributed by atoms with E-state index in [1.165, 1.54) is 11.1 Å². The van der Waals surface area contributed by atoms with Crippen molar-refractivity contribution in [2.24, 2.45) is 11.0 Å². The van der Waals surface area contributed by atoms with E-state index >= 15 is 0 Å². The molecule has 1 fully saturated rings. The van der Waals surface area contributed by atoms with Crippen LogP contribution >= 0.6 is 0 Å². The number of hydrogen-bond acceptors (Lipinski definition) is 2. The Morgan fingerprint density at radius 3 is 2.63 bits per heavy atom. The maximum Gasteiger partial charge on any atom is 0.243 e. The highest BCUT2D eigenvalue weighted by Gasteiger charge is 2.44. The van der Waals surface area contributed by atoms with Crippen molar-refractivity contribution in [1.82, 2.24) is 10.4 Å². The number of rotatable bonds is 4. The summed E-state index contributed by atoms with van der Waals surface area (Å²) in [6, 6.07) is 16.7. The first-order valence-electron chi connectivity index (χ1n) is 9.43. The van der Waals surface area contributed by atoms with Crippen LogP contribution in [0.3, 0.4) is 0 Å². The van der Waals surface area contributed by atoms with Crippen LogP contribution in [0.4, 0.5) is 0 Å². The van der Waals surface area contributed by atoms with Crippen LogP contribution in [-0.4, -0.2) is 17.1 Å². The maximum absolute atomic E-state index is 12.4. The molecule has 0 bridgehead atoms. The van der Waals surface area contributed by atoms with Crippen molar-refractivity contribution in [3.05, 3.63) is 71.4 Å². The number of amides is 1. The number of benzene rings is 2. The van der Waals surface area contributed by atoms with Gasteiger partial charge in [0.25, 0.3) is 0 Å². The van der Waals surface area contributed by atoms with Gasteiger partial charge in [-0.25, -0.2) is 5.43 Å². The summed E-state index contributed by atoms with van der Waals surface area (Å²) in [7, 11) is 0. The zero-order chi connectivity index (χ0) is 19.0. The normalized spacial score (nSPS) is 19.5. The summed E-state index contributed by atoms with van der Waals surface area (Å²) >= 11 is 0. The third-order valence-corrected chi connectivity index (χ3v) is 5.33. The lowest BCUT2D eigenvalue weighted by Crippen LogP contribution is -2.20. The Bertz CT molecular complexity index is 992. The van der Waals surface area contributed by atoms with Gasteiger partial charge in [0.1, 0.15) is 0 Å². The van der Waals surface area contributed by atoms with Crippen molar-refractivity contribution in [2.75, 3.05) is 0 Å². The molecule has 138 valence electrons. The average molecular weight is 359 g/mol. The molecule has 1 saturated carbocycles. The number of hydrogen-bond donors (Lipinski definition) is 2. The topological polar surface area (TPSA) is 57.2 Å². The third-order valence-electron chi connectivity index (χ3n) is 5.33. The van der Waals surface area contributed by atoms with E-state index in [1.54, 1.807) is 6.21 Å². The molecule has 2 atom stereocenters. The van der Waals surface area contributed by atoms with Crippen LogP contribution in [0.2, 0.25) is 0 Å². The van der Waals surface area contributed by atoms with Crippen molar-refractivity contribution in [3.8, 4) is 0 Å². The van der Waals surface area contributed by atoms with Crippen LogP contribution in [-0.2, 0) is 10.2 Å². The smallest absolute Gasteiger partial charge is 0.243 e. The Kier molecular flexibility index (Phi) is 4.34. The Morgan fingerprint density at radius 2 is 1.89 bits per heavy atom. The number of aromatic nitrogens is 1. The van der Waals surface area contributed by atoms with E-state index in [-0.39, 0.29) is 17.2 Å². The zero-order valence-electron chi connectivity index (χ0n) is 16.0. The molecule has 1 amide bonds. The zero-order valence-corrected chi connectivity index (χ0v) is 16.0. The summed E-state index contributed by atoms with van der Waals surface area (Å²) in [5.41, 5.74) is 7.43. The first-order chi connectivity index (χ1) is 12.9. The van der Waals surface area contributed by atoms with Crippen LogP contribution in [0.1, 0.15) is 49.8 Å². The summed E-state index contributed by atoms with van der Waals surface area (Å²) < 4.78 is 0. The lowest BCUT2D eigenvalue weighted by atomic mass is 9.86. The second-order valence-corrected chi connectivity index (χ2v) is 8.34. The summed E-state index contributed by atoms with van der Waals surface area (Å²) in [5.74, 6) is 0.323. The van der Waals surface area contributed by atoms with E-state index < -0.39 is 0 Å². The van der Waals surface area contributed by atoms with Gasteiger partial charge >= 0.3 is 0 Å². The minimum absolute atomic E-state index is 0.00371. The Labute approximate surface area is 159 Å². The highest BCUT2D eigenvalue weighted by Crippen LogP contribution is 2.47. The van der Waals surface area contributed by atoms with Gasteiger partial charge in [0.15, 0.2) is 0 Å². The van der Waals surface area contributed by atoms with Crippen LogP contribution < -0.4 is 5.43 Å². The van der Waals surface area contributed by atoms with Crippen molar-refractivity contribution in [2.45, 2.75) is 38.5 Å². The lowest BCUT2D eigenvalue weighted by Gasteiger charge is -2.19. The molecule has 1 aliphatic rings. The lowest BCUT2D eigenvalue weighted by molar-refractivity contribution is -0.122. The molecule has 4 heteroatoms. The number of fused-ring (bicyclic) bond motifs is 1. The first-order valence-corrected chi connectivity index (χ1v) is 9.43. The molecule has 0 saturated heterocycles. The molecule has 2 N–H and O–H groups in total. The van der Waals surface area contributed by atoms with Gasteiger partial charge in [-0.2, -0.15) is 5.10 Å². The Hall–Kier alpha value is -2.88. The molecular weight excluding hydrogens is 334 g/mol. The van der Waals surface area contributed by atoms with E-state index in [0.29, 0.717) is 5.92 Å². The van der Waals surface area contributed by atoms with E-state index in [9.17, 15) is 4.79 Å². The average Bonchev–Trinajstić information content (AvgIpc) is 3.36. The summed E-state index contributed by atoms with van der Waals surface area (Å²) in [6.07, 6.45) is 4.49. The SMILES string of the molecule is CC(C)(C)c1ccc([C@H]2C[C@@H]2C(=O)N/N=C/c2c[nH]c3ccccc23)cc1. The number of nitrogens with one attached hydrogen (secondary N) is 2. The fourth-order valence-corrected chi connectivity index (χ4v) is 3.53. The minimum atomic E-state index is -0.00371. The number of carbonyl (C=O) groups excluding carboxylic acids is 1. The fourth-order valence-electron chi connectivity index (χ4n) is 3.53.